The summed E-state index contributed by atoms with van der Waals surface area (Å²) < 4.78 is 0. The van der Waals surface area contributed by atoms with E-state index in [1.807, 2.05) is 18.2 Å². The minimum atomic E-state index is -0.0670. The van der Waals surface area contributed by atoms with Gasteiger partial charge in [0.15, 0.2) is 0 Å². The predicted molar refractivity (Wildman–Crippen MR) is 80.5 cm³/mol. The van der Waals surface area contributed by atoms with Gasteiger partial charge in [-0.2, -0.15) is 0 Å². The van der Waals surface area contributed by atoms with Crippen LogP contribution in [0.15, 0.2) is 42.5 Å². The zero-order valence-corrected chi connectivity index (χ0v) is 11.8. The molecule has 2 heteroatoms. The van der Waals surface area contributed by atoms with Gasteiger partial charge in [-0.3, -0.25) is 0 Å². The molecule has 19 heavy (non-hydrogen) atoms. The van der Waals surface area contributed by atoms with Gasteiger partial charge in [0.25, 0.3) is 0 Å². The Kier molecular flexibility index (Phi) is 4.23. The van der Waals surface area contributed by atoms with Crippen LogP contribution in [-0.4, -0.2) is 11.7 Å². The maximum absolute atomic E-state index is 9.65. The molecular formula is C17H21NO. The standard InChI is InChI=1S/C17H21NO/c1-12-7-9-15(10-8-12)18-17(11-19)16-6-4-5-13(2)14(16)3/h4-10,17-19H,11H2,1-3H3. The number of aryl methyl sites for hydroxylation is 2. The molecule has 0 saturated heterocycles. The molecule has 0 saturated carbocycles. The van der Waals surface area contributed by atoms with E-state index in [1.54, 1.807) is 0 Å². The van der Waals surface area contributed by atoms with E-state index in [0.29, 0.717) is 0 Å². The fourth-order valence-electron chi connectivity index (χ4n) is 2.22. The Bertz CT molecular complexity index is 546. The lowest BCUT2D eigenvalue weighted by Crippen LogP contribution is -2.16. The highest BCUT2D eigenvalue weighted by Gasteiger charge is 2.13. The Morgan fingerprint density at radius 1 is 1.00 bits per heavy atom. The van der Waals surface area contributed by atoms with Gasteiger partial charge < -0.3 is 10.4 Å². The normalized spacial score (nSPS) is 12.2. The van der Waals surface area contributed by atoms with Crippen molar-refractivity contribution in [1.29, 1.82) is 0 Å². The molecule has 2 N–H and O–H groups in total. The molecule has 0 aliphatic rings. The largest absolute Gasteiger partial charge is 0.394 e. The third-order valence-electron chi connectivity index (χ3n) is 3.60. The average Bonchev–Trinajstić information content (AvgIpc) is 2.42. The van der Waals surface area contributed by atoms with Gasteiger partial charge in [0.2, 0.25) is 0 Å². The number of aliphatic hydroxyl groups is 1. The summed E-state index contributed by atoms with van der Waals surface area (Å²) in [5.41, 5.74) is 5.91. The van der Waals surface area contributed by atoms with E-state index in [0.717, 1.165) is 11.3 Å². The fraction of sp³-hybridized carbons (Fsp3) is 0.294. The molecule has 0 heterocycles. The lowest BCUT2D eigenvalue weighted by atomic mass is 9.97. The van der Waals surface area contributed by atoms with Gasteiger partial charge in [0, 0.05) is 5.69 Å². The van der Waals surface area contributed by atoms with E-state index < -0.39 is 0 Å². The van der Waals surface area contributed by atoms with E-state index in [1.165, 1.54) is 16.7 Å². The van der Waals surface area contributed by atoms with E-state index in [2.05, 4.69) is 50.4 Å². The van der Waals surface area contributed by atoms with Crippen molar-refractivity contribution >= 4 is 5.69 Å². The summed E-state index contributed by atoms with van der Waals surface area (Å²) in [5, 5.41) is 13.0. The molecule has 2 aromatic carbocycles. The monoisotopic (exact) mass is 255 g/mol. The number of benzene rings is 2. The zero-order chi connectivity index (χ0) is 13.8. The zero-order valence-electron chi connectivity index (χ0n) is 11.8. The average molecular weight is 255 g/mol. The van der Waals surface area contributed by atoms with E-state index in [-0.39, 0.29) is 12.6 Å². The smallest absolute Gasteiger partial charge is 0.0747 e. The third-order valence-corrected chi connectivity index (χ3v) is 3.60. The quantitative estimate of drug-likeness (QED) is 0.872. The highest BCUT2D eigenvalue weighted by atomic mass is 16.3. The second-order valence-corrected chi connectivity index (χ2v) is 5.03. The van der Waals surface area contributed by atoms with E-state index in [9.17, 15) is 5.11 Å². The molecule has 0 amide bonds. The molecule has 2 nitrogen and oxygen atoms in total. The highest BCUT2D eigenvalue weighted by Crippen LogP contribution is 2.24. The Balaban J connectivity index is 2.25. The molecule has 0 radical (unpaired) electrons. The first-order valence-corrected chi connectivity index (χ1v) is 6.62. The van der Waals surface area contributed by atoms with Crippen molar-refractivity contribution in [3.63, 3.8) is 0 Å². The topological polar surface area (TPSA) is 32.3 Å². The molecule has 1 unspecified atom stereocenters. The Morgan fingerprint density at radius 3 is 2.32 bits per heavy atom. The second-order valence-electron chi connectivity index (χ2n) is 5.03. The number of nitrogens with one attached hydrogen (secondary N) is 1. The molecule has 100 valence electrons. The summed E-state index contributed by atoms with van der Waals surface area (Å²) in [6.07, 6.45) is 0. The van der Waals surface area contributed by atoms with Crippen LogP contribution in [0.1, 0.15) is 28.3 Å². The van der Waals surface area contributed by atoms with Crippen LogP contribution in [0.2, 0.25) is 0 Å². The van der Waals surface area contributed by atoms with Crippen LogP contribution in [0.3, 0.4) is 0 Å². The van der Waals surface area contributed by atoms with Crippen LogP contribution >= 0.6 is 0 Å². The third kappa shape index (κ3) is 3.15. The lowest BCUT2D eigenvalue weighted by Gasteiger charge is -2.21. The fourth-order valence-corrected chi connectivity index (χ4v) is 2.22. The highest BCUT2D eigenvalue weighted by molar-refractivity contribution is 5.48. The number of hydrogen-bond donors (Lipinski definition) is 2. The molecule has 0 bridgehead atoms. The van der Waals surface area contributed by atoms with Gasteiger partial charge >= 0.3 is 0 Å². The minimum Gasteiger partial charge on any atom is -0.394 e. The van der Waals surface area contributed by atoms with Gasteiger partial charge in [-0.1, -0.05) is 35.9 Å². The summed E-state index contributed by atoms with van der Waals surface area (Å²) in [7, 11) is 0. The van der Waals surface area contributed by atoms with E-state index >= 15 is 0 Å². The van der Waals surface area contributed by atoms with E-state index in [4.69, 9.17) is 0 Å². The second kappa shape index (κ2) is 5.89. The van der Waals surface area contributed by atoms with Gasteiger partial charge in [-0.05, 0) is 49.6 Å². The predicted octanol–water partition coefficient (Wildman–Crippen LogP) is 3.76. The first-order chi connectivity index (χ1) is 9.11. The van der Waals surface area contributed by atoms with Crippen molar-refractivity contribution < 1.29 is 5.11 Å². The lowest BCUT2D eigenvalue weighted by molar-refractivity contribution is 0.276. The van der Waals surface area contributed by atoms with Crippen LogP contribution in [0.4, 0.5) is 5.69 Å². The summed E-state index contributed by atoms with van der Waals surface area (Å²) in [5.74, 6) is 0. The van der Waals surface area contributed by atoms with Crippen molar-refractivity contribution in [1.82, 2.24) is 0 Å². The van der Waals surface area contributed by atoms with Gasteiger partial charge in [0.1, 0.15) is 0 Å². The van der Waals surface area contributed by atoms with Crippen LogP contribution < -0.4 is 5.32 Å². The SMILES string of the molecule is Cc1ccc(NC(CO)c2cccc(C)c2C)cc1. The van der Waals surface area contributed by atoms with Crippen molar-refractivity contribution in [2.24, 2.45) is 0 Å². The van der Waals surface area contributed by atoms with Gasteiger partial charge in [-0.15, -0.1) is 0 Å². The Hall–Kier alpha value is -1.80. The molecule has 0 spiro atoms. The maximum atomic E-state index is 9.65. The number of hydrogen-bond acceptors (Lipinski definition) is 2. The maximum Gasteiger partial charge on any atom is 0.0747 e. The van der Waals surface area contributed by atoms with Crippen molar-refractivity contribution in [2.45, 2.75) is 26.8 Å². The summed E-state index contributed by atoms with van der Waals surface area (Å²) in [6.45, 7) is 6.35. The Labute approximate surface area is 115 Å². The van der Waals surface area contributed by atoms with Crippen LogP contribution in [0.5, 0.6) is 0 Å². The molecule has 2 aromatic rings. The van der Waals surface area contributed by atoms with Gasteiger partial charge in [-0.25, -0.2) is 0 Å². The molecule has 0 aliphatic heterocycles. The van der Waals surface area contributed by atoms with Crippen LogP contribution in [-0.2, 0) is 0 Å². The van der Waals surface area contributed by atoms with Crippen LogP contribution in [0, 0.1) is 20.8 Å². The number of aliphatic hydroxyl groups excluding tert-OH is 1. The molecule has 0 aliphatic carbocycles. The molecule has 0 fully saturated rings. The minimum absolute atomic E-state index is 0.0670. The summed E-state index contributed by atoms with van der Waals surface area (Å²) in [6, 6.07) is 14.4. The number of rotatable bonds is 4. The molecule has 0 aromatic heterocycles. The molecular weight excluding hydrogens is 234 g/mol. The molecule has 1 atom stereocenters. The Morgan fingerprint density at radius 2 is 1.68 bits per heavy atom. The van der Waals surface area contributed by atoms with Gasteiger partial charge in [0.05, 0.1) is 12.6 Å². The first-order valence-electron chi connectivity index (χ1n) is 6.62. The number of anilines is 1. The summed E-state index contributed by atoms with van der Waals surface area (Å²) >= 11 is 0. The van der Waals surface area contributed by atoms with Crippen molar-refractivity contribution in [3.05, 3.63) is 64.7 Å². The summed E-state index contributed by atoms with van der Waals surface area (Å²) in [4.78, 5) is 0. The van der Waals surface area contributed by atoms with Crippen molar-refractivity contribution in [3.8, 4) is 0 Å². The molecule has 2 rings (SSSR count). The van der Waals surface area contributed by atoms with Crippen LogP contribution in [0.25, 0.3) is 0 Å². The van der Waals surface area contributed by atoms with Crippen molar-refractivity contribution in [2.75, 3.05) is 11.9 Å². The first kappa shape index (κ1) is 13.6.